The van der Waals surface area contributed by atoms with Gasteiger partial charge in [0.05, 0.1) is 12.8 Å². The van der Waals surface area contributed by atoms with Gasteiger partial charge < -0.3 is 15.2 Å². The van der Waals surface area contributed by atoms with E-state index in [0.717, 1.165) is 0 Å². The summed E-state index contributed by atoms with van der Waals surface area (Å²) in [6, 6.07) is 4.55. The van der Waals surface area contributed by atoms with Crippen LogP contribution in [0.3, 0.4) is 0 Å². The van der Waals surface area contributed by atoms with Gasteiger partial charge >= 0.3 is 0 Å². The Balaban J connectivity index is 2.94. The summed E-state index contributed by atoms with van der Waals surface area (Å²) in [5.74, 6) is -0.879. The number of phenolic OH excluding ortho intramolecular Hbond substituents is 1. The number of halogens is 3. The number of benzene rings is 1. The van der Waals surface area contributed by atoms with Crippen molar-refractivity contribution in [2.24, 2.45) is 0 Å². The lowest BCUT2D eigenvalue weighted by atomic mass is 10.2. The van der Waals surface area contributed by atoms with Crippen LogP contribution in [0.15, 0.2) is 18.2 Å². The number of phenols is 1. The predicted molar refractivity (Wildman–Crippen MR) is 63.6 cm³/mol. The maximum atomic E-state index is 11.3. The van der Waals surface area contributed by atoms with Crippen molar-refractivity contribution < 1.29 is 14.6 Å². The summed E-state index contributed by atoms with van der Waals surface area (Å²) in [5.41, 5.74) is 0.107. The Morgan fingerprint density at radius 2 is 2.06 bits per heavy atom. The lowest BCUT2D eigenvalue weighted by Gasteiger charge is -2.13. The summed E-state index contributed by atoms with van der Waals surface area (Å²) in [6.07, 6.45) is 0. The van der Waals surface area contributed by atoms with E-state index in [0.29, 0.717) is 0 Å². The molecular formula is C9H8Cl3NO3. The number of carbonyl (C=O) groups excluding carboxylic acids is 1. The number of hydrogen-bond donors (Lipinski definition) is 2. The number of para-hydroxylation sites is 1. The molecule has 0 spiro atoms. The highest BCUT2D eigenvalue weighted by Gasteiger charge is 2.31. The van der Waals surface area contributed by atoms with Gasteiger partial charge in [-0.25, -0.2) is 0 Å². The molecule has 0 aliphatic carbocycles. The second-order valence-corrected chi connectivity index (χ2v) is 5.09. The predicted octanol–water partition coefficient (Wildman–Crippen LogP) is 2.71. The van der Waals surface area contributed by atoms with E-state index in [1.165, 1.54) is 19.2 Å². The summed E-state index contributed by atoms with van der Waals surface area (Å²) in [6.45, 7) is 0. The second kappa shape index (κ2) is 4.99. The van der Waals surface area contributed by atoms with Crippen LogP contribution in [-0.4, -0.2) is 21.9 Å². The van der Waals surface area contributed by atoms with Crippen molar-refractivity contribution in [3.63, 3.8) is 0 Å². The molecule has 0 aliphatic heterocycles. The Labute approximate surface area is 107 Å². The number of ether oxygens (including phenoxy) is 1. The minimum absolute atomic E-state index is 0.107. The molecule has 4 nitrogen and oxygen atoms in total. The maximum absolute atomic E-state index is 11.3. The first-order chi connectivity index (χ1) is 7.36. The molecule has 16 heavy (non-hydrogen) atoms. The van der Waals surface area contributed by atoms with Crippen LogP contribution in [0, 0.1) is 0 Å². The molecule has 0 unspecified atom stereocenters. The Hall–Kier alpha value is -0.840. The SMILES string of the molecule is COc1cccc(NC(=O)C(Cl)(Cl)Cl)c1O. The van der Waals surface area contributed by atoms with E-state index in [1.54, 1.807) is 6.07 Å². The fraction of sp³-hybridized carbons (Fsp3) is 0.222. The van der Waals surface area contributed by atoms with Crippen molar-refractivity contribution in [1.29, 1.82) is 0 Å². The van der Waals surface area contributed by atoms with Gasteiger partial charge in [0.1, 0.15) is 0 Å². The molecule has 0 saturated carbocycles. The molecule has 0 heterocycles. The zero-order valence-corrected chi connectivity index (χ0v) is 10.4. The van der Waals surface area contributed by atoms with Gasteiger partial charge in [-0.1, -0.05) is 40.9 Å². The van der Waals surface area contributed by atoms with Crippen LogP contribution in [0.2, 0.25) is 0 Å². The van der Waals surface area contributed by atoms with Crippen molar-refractivity contribution in [3.8, 4) is 11.5 Å². The first-order valence-electron chi connectivity index (χ1n) is 4.10. The average Bonchev–Trinajstić information content (AvgIpc) is 2.19. The van der Waals surface area contributed by atoms with E-state index in [2.05, 4.69) is 5.32 Å². The third kappa shape index (κ3) is 3.07. The summed E-state index contributed by atoms with van der Waals surface area (Å²) in [4.78, 5) is 11.3. The summed E-state index contributed by atoms with van der Waals surface area (Å²) in [7, 11) is 1.38. The molecule has 0 aromatic heterocycles. The van der Waals surface area contributed by atoms with Gasteiger partial charge in [0.2, 0.25) is 0 Å². The molecule has 0 saturated heterocycles. The second-order valence-electron chi connectivity index (χ2n) is 2.81. The Morgan fingerprint density at radius 1 is 1.44 bits per heavy atom. The highest BCUT2D eigenvalue weighted by atomic mass is 35.6. The number of nitrogens with one attached hydrogen (secondary N) is 1. The van der Waals surface area contributed by atoms with Crippen LogP contribution in [-0.2, 0) is 4.79 Å². The van der Waals surface area contributed by atoms with Crippen LogP contribution >= 0.6 is 34.8 Å². The van der Waals surface area contributed by atoms with Gasteiger partial charge in [0.25, 0.3) is 9.70 Å². The highest BCUT2D eigenvalue weighted by molar-refractivity contribution is 6.76. The van der Waals surface area contributed by atoms with Crippen molar-refractivity contribution in [1.82, 2.24) is 0 Å². The standard InChI is InChI=1S/C9H8Cl3NO3/c1-16-6-4-2-3-5(7(6)14)13-8(15)9(10,11)12/h2-4,14H,1H3,(H,13,15). The summed E-state index contributed by atoms with van der Waals surface area (Å²) >= 11 is 16.1. The number of methoxy groups -OCH3 is 1. The van der Waals surface area contributed by atoms with Crippen LogP contribution in [0.1, 0.15) is 0 Å². The Morgan fingerprint density at radius 3 is 2.56 bits per heavy atom. The number of rotatable bonds is 2. The molecule has 1 aromatic rings. The zero-order chi connectivity index (χ0) is 12.3. The fourth-order valence-electron chi connectivity index (χ4n) is 0.981. The minimum Gasteiger partial charge on any atom is -0.503 e. The van der Waals surface area contributed by atoms with E-state index >= 15 is 0 Å². The van der Waals surface area contributed by atoms with Gasteiger partial charge in [-0.15, -0.1) is 0 Å². The molecule has 1 rings (SSSR count). The first-order valence-corrected chi connectivity index (χ1v) is 5.23. The average molecular weight is 285 g/mol. The lowest BCUT2D eigenvalue weighted by Crippen LogP contribution is -2.26. The number of alkyl halides is 3. The van der Waals surface area contributed by atoms with E-state index in [-0.39, 0.29) is 17.2 Å². The number of anilines is 1. The Kier molecular flexibility index (Phi) is 4.13. The third-order valence-electron chi connectivity index (χ3n) is 1.72. The van der Waals surface area contributed by atoms with Crippen LogP contribution in [0.5, 0.6) is 11.5 Å². The van der Waals surface area contributed by atoms with E-state index in [4.69, 9.17) is 39.5 Å². The minimum atomic E-state index is -2.09. The van der Waals surface area contributed by atoms with Gasteiger partial charge in [0.15, 0.2) is 11.5 Å². The van der Waals surface area contributed by atoms with Gasteiger partial charge in [-0.3, -0.25) is 4.79 Å². The summed E-state index contributed by atoms with van der Waals surface area (Å²) < 4.78 is 2.76. The van der Waals surface area contributed by atoms with Crippen molar-refractivity contribution in [3.05, 3.63) is 18.2 Å². The number of carbonyl (C=O) groups is 1. The molecule has 0 radical (unpaired) electrons. The quantitative estimate of drug-likeness (QED) is 0.648. The van der Waals surface area contributed by atoms with E-state index < -0.39 is 9.70 Å². The molecule has 0 fully saturated rings. The van der Waals surface area contributed by atoms with Crippen molar-refractivity contribution in [2.45, 2.75) is 3.79 Å². The molecule has 0 atom stereocenters. The van der Waals surface area contributed by atoms with E-state index in [9.17, 15) is 9.90 Å². The molecule has 0 bridgehead atoms. The lowest BCUT2D eigenvalue weighted by molar-refractivity contribution is -0.115. The number of aromatic hydroxyl groups is 1. The molecule has 1 aromatic carbocycles. The number of hydrogen-bond acceptors (Lipinski definition) is 3. The topological polar surface area (TPSA) is 58.6 Å². The smallest absolute Gasteiger partial charge is 0.276 e. The van der Waals surface area contributed by atoms with Crippen LogP contribution in [0.4, 0.5) is 5.69 Å². The monoisotopic (exact) mass is 283 g/mol. The molecule has 2 N–H and O–H groups in total. The molecular weight excluding hydrogens is 276 g/mol. The molecule has 7 heteroatoms. The van der Waals surface area contributed by atoms with Crippen molar-refractivity contribution in [2.75, 3.05) is 12.4 Å². The van der Waals surface area contributed by atoms with E-state index in [1.807, 2.05) is 0 Å². The van der Waals surface area contributed by atoms with Gasteiger partial charge in [-0.05, 0) is 12.1 Å². The van der Waals surface area contributed by atoms with Crippen LogP contribution in [0.25, 0.3) is 0 Å². The molecule has 0 aliphatic rings. The zero-order valence-electron chi connectivity index (χ0n) is 8.13. The molecule has 88 valence electrons. The summed E-state index contributed by atoms with van der Waals surface area (Å²) in [5, 5.41) is 11.9. The highest BCUT2D eigenvalue weighted by Crippen LogP contribution is 2.35. The molecule has 1 amide bonds. The van der Waals surface area contributed by atoms with Gasteiger partial charge in [0, 0.05) is 0 Å². The Bertz CT molecular complexity index is 403. The normalized spacial score (nSPS) is 11.0. The van der Waals surface area contributed by atoms with Gasteiger partial charge in [-0.2, -0.15) is 0 Å². The maximum Gasteiger partial charge on any atom is 0.276 e. The first kappa shape index (κ1) is 13.2. The largest absolute Gasteiger partial charge is 0.503 e. The van der Waals surface area contributed by atoms with Crippen molar-refractivity contribution >= 4 is 46.4 Å². The number of amides is 1. The third-order valence-corrected chi connectivity index (χ3v) is 2.24. The van der Waals surface area contributed by atoms with Crippen LogP contribution < -0.4 is 10.1 Å². The fourth-order valence-corrected chi connectivity index (χ4v) is 1.12.